The lowest BCUT2D eigenvalue weighted by atomic mass is 10.1. The predicted molar refractivity (Wildman–Crippen MR) is 127 cm³/mol. The Balaban J connectivity index is 1.46. The van der Waals surface area contributed by atoms with Gasteiger partial charge in [-0.2, -0.15) is 0 Å². The van der Waals surface area contributed by atoms with Gasteiger partial charge in [-0.05, 0) is 67.7 Å². The third kappa shape index (κ3) is 4.55. The van der Waals surface area contributed by atoms with Gasteiger partial charge in [0.05, 0.1) is 14.2 Å². The highest BCUT2D eigenvalue weighted by molar-refractivity contribution is 7.80. The van der Waals surface area contributed by atoms with E-state index in [4.69, 9.17) is 26.1 Å². The first kappa shape index (κ1) is 21.3. The van der Waals surface area contributed by atoms with Crippen LogP contribution in [0.1, 0.15) is 15.9 Å². The zero-order chi connectivity index (χ0) is 22.7. The fourth-order valence-corrected chi connectivity index (χ4v) is 3.35. The lowest BCUT2D eigenvalue weighted by Crippen LogP contribution is -2.34. The van der Waals surface area contributed by atoms with Crippen LogP contribution < -0.4 is 20.1 Å². The number of hydrogen-bond donors (Lipinski definition) is 2. The monoisotopic (exact) mass is 447 g/mol. The van der Waals surface area contributed by atoms with E-state index in [9.17, 15) is 4.79 Å². The Bertz CT molecular complexity index is 1300. The zero-order valence-corrected chi connectivity index (χ0v) is 18.6. The van der Waals surface area contributed by atoms with Crippen LogP contribution in [0.4, 0.5) is 5.69 Å². The number of amides is 1. The summed E-state index contributed by atoms with van der Waals surface area (Å²) >= 11 is 5.30. The number of fused-ring (bicyclic) bond motifs is 1. The number of rotatable bonds is 5. The van der Waals surface area contributed by atoms with Gasteiger partial charge in [0.15, 0.2) is 22.2 Å². The molecule has 0 radical (unpaired) electrons. The van der Waals surface area contributed by atoms with Gasteiger partial charge in [0, 0.05) is 16.8 Å². The van der Waals surface area contributed by atoms with Crippen LogP contribution in [0.5, 0.6) is 11.5 Å². The standard InChI is InChI=1S/C24H21N3O4S/c1-14-4-6-15(7-5-14)23-26-18-13-17(9-11-19(18)31-23)25-24(32)27-22(28)16-8-10-20(29-2)21(12-16)30-3/h4-13H,1-3H3,(H2,25,27,28,32). The highest BCUT2D eigenvalue weighted by Crippen LogP contribution is 2.28. The molecule has 0 unspecified atom stereocenters. The summed E-state index contributed by atoms with van der Waals surface area (Å²) in [7, 11) is 3.04. The van der Waals surface area contributed by atoms with Gasteiger partial charge in [-0.15, -0.1) is 0 Å². The van der Waals surface area contributed by atoms with Crippen LogP contribution in [-0.2, 0) is 0 Å². The number of carbonyl (C=O) groups excluding carboxylic acids is 1. The van der Waals surface area contributed by atoms with Crippen molar-refractivity contribution in [3.63, 3.8) is 0 Å². The largest absolute Gasteiger partial charge is 0.493 e. The van der Waals surface area contributed by atoms with Gasteiger partial charge < -0.3 is 19.2 Å². The fraction of sp³-hybridized carbons (Fsp3) is 0.125. The fourth-order valence-electron chi connectivity index (χ4n) is 3.14. The molecule has 0 fully saturated rings. The molecule has 32 heavy (non-hydrogen) atoms. The van der Waals surface area contributed by atoms with Gasteiger partial charge in [0.25, 0.3) is 5.91 Å². The number of aromatic nitrogens is 1. The minimum Gasteiger partial charge on any atom is -0.493 e. The maximum Gasteiger partial charge on any atom is 0.257 e. The summed E-state index contributed by atoms with van der Waals surface area (Å²) in [5.74, 6) is 1.17. The summed E-state index contributed by atoms with van der Waals surface area (Å²) in [5.41, 5.74) is 4.48. The summed E-state index contributed by atoms with van der Waals surface area (Å²) in [4.78, 5) is 17.1. The van der Waals surface area contributed by atoms with Gasteiger partial charge in [-0.1, -0.05) is 17.7 Å². The highest BCUT2D eigenvalue weighted by Gasteiger charge is 2.13. The Morgan fingerprint density at radius 2 is 1.72 bits per heavy atom. The van der Waals surface area contributed by atoms with E-state index in [1.165, 1.54) is 19.8 Å². The molecule has 0 saturated heterocycles. The smallest absolute Gasteiger partial charge is 0.257 e. The lowest BCUT2D eigenvalue weighted by molar-refractivity contribution is 0.0977. The Labute approximate surface area is 190 Å². The van der Waals surface area contributed by atoms with E-state index >= 15 is 0 Å². The molecular formula is C24H21N3O4S. The second-order valence-electron chi connectivity index (χ2n) is 7.05. The number of methoxy groups -OCH3 is 2. The average molecular weight is 448 g/mol. The molecule has 0 spiro atoms. The maximum absolute atomic E-state index is 12.5. The number of carbonyl (C=O) groups is 1. The van der Waals surface area contributed by atoms with Crippen molar-refractivity contribution in [2.75, 3.05) is 19.5 Å². The van der Waals surface area contributed by atoms with Crippen molar-refractivity contribution in [2.24, 2.45) is 0 Å². The number of benzene rings is 3. The molecule has 3 aromatic carbocycles. The molecule has 1 aromatic heterocycles. The van der Waals surface area contributed by atoms with Crippen molar-refractivity contribution in [3.8, 4) is 23.0 Å². The second-order valence-corrected chi connectivity index (χ2v) is 7.45. The van der Waals surface area contributed by atoms with Crippen molar-refractivity contribution in [1.82, 2.24) is 10.3 Å². The number of nitrogens with one attached hydrogen (secondary N) is 2. The van der Waals surface area contributed by atoms with E-state index in [0.717, 1.165) is 5.56 Å². The van der Waals surface area contributed by atoms with Crippen LogP contribution in [0.2, 0.25) is 0 Å². The summed E-state index contributed by atoms with van der Waals surface area (Å²) < 4.78 is 16.3. The normalized spacial score (nSPS) is 10.6. The predicted octanol–water partition coefficient (Wildman–Crippen LogP) is 4.95. The van der Waals surface area contributed by atoms with Crippen LogP contribution in [0, 0.1) is 6.92 Å². The lowest BCUT2D eigenvalue weighted by Gasteiger charge is -2.11. The molecule has 2 N–H and O–H groups in total. The summed E-state index contributed by atoms with van der Waals surface area (Å²) in [6, 6.07) is 18.3. The molecule has 8 heteroatoms. The van der Waals surface area contributed by atoms with E-state index in [1.54, 1.807) is 30.3 Å². The number of nitrogens with zero attached hydrogens (tertiary/aromatic N) is 1. The Morgan fingerprint density at radius 3 is 2.44 bits per heavy atom. The van der Waals surface area contributed by atoms with Gasteiger partial charge in [-0.25, -0.2) is 4.98 Å². The molecule has 0 atom stereocenters. The van der Waals surface area contributed by atoms with E-state index in [-0.39, 0.29) is 11.0 Å². The van der Waals surface area contributed by atoms with E-state index in [0.29, 0.717) is 39.7 Å². The number of anilines is 1. The van der Waals surface area contributed by atoms with Gasteiger partial charge in [-0.3, -0.25) is 10.1 Å². The molecular weight excluding hydrogens is 426 g/mol. The molecule has 0 aliphatic rings. The molecule has 0 bridgehead atoms. The highest BCUT2D eigenvalue weighted by atomic mass is 32.1. The number of ether oxygens (including phenoxy) is 2. The summed E-state index contributed by atoms with van der Waals surface area (Å²) in [6.45, 7) is 2.03. The van der Waals surface area contributed by atoms with E-state index < -0.39 is 0 Å². The topological polar surface area (TPSA) is 85.6 Å². The number of aryl methyl sites for hydroxylation is 1. The number of hydrogen-bond acceptors (Lipinski definition) is 6. The minimum absolute atomic E-state index is 0.159. The average Bonchev–Trinajstić information content (AvgIpc) is 3.22. The van der Waals surface area contributed by atoms with Crippen LogP contribution in [0.3, 0.4) is 0 Å². The molecule has 0 saturated carbocycles. The second kappa shape index (κ2) is 9.07. The van der Waals surface area contributed by atoms with E-state index in [2.05, 4.69) is 15.6 Å². The van der Waals surface area contributed by atoms with Gasteiger partial charge in [0.1, 0.15) is 5.52 Å². The summed E-state index contributed by atoms with van der Waals surface area (Å²) in [5, 5.41) is 5.82. The van der Waals surface area contributed by atoms with Crippen LogP contribution in [-0.4, -0.2) is 30.2 Å². The molecule has 4 aromatic rings. The zero-order valence-electron chi connectivity index (χ0n) is 17.8. The van der Waals surface area contributed by atoms with Crippen molar-refractivity contribution in [1.29, 1.82) is 0 Å². The Kier molecular flexibility index (Phi) is 6.04. The maximum atomic E-state index is 12.5. The Morgan fingerprint density at radius 1 is 0.969 bits per heavy atom. The minimum atomic E-state index is -0.368. The molecule has 4 rings (SSSR count). The van der Waals surface area contributed by atoms with Gasteiger partial charge >= 0.3 is 0 Å². The molecule has 0 aliphatic heterocycles. The van der Waals surface area contributed by atoms with Crippen molar-refractivity contribution in [3.05, 3.63) is 71.8 Å². The number of oxazole rings is 1. The molecule has 1 heterocycles. The number of thiocarbonyl (C=S) groups is 1. The SMILES string of the molecule is COc1ccc(C(=O)NC(=S)Nc2ccc3oc(-c4ccc(C)cc4)nc3c2)cc1OC. The van der Waals surface area contributed by atoms with Crippen LogP contribution in [0.25, 0.3) is 22.6 Å². The first-order chi connectivity index (χ1) is 15.5. The third-order valence-electron chi connectivity index (χ3n) is 4.82. The molecule has 0 aliphatic carbocycles. The van der Waals surface area contributed by atoms with Crippen molar-refractivity contribution in [2.45, 2.75) is 6.92 Å². The van der Waals surface area contributed by atoms with E-state index in [1.807, 2.05) is 37.3 Å². The molecule has 162 valence electrons. The van der Waals surface area contributed by atoms with Crippen LogP contribution in [0.15, 0.2) is 65.1 Å². The molecule has 7 nitrogen and oxygen atoms in total. The van der Waals surface area contributed by atoms with Crippen molar-refractivity contribution >= 4 is 40.0 Å². The summed E-state index contributed by atoms with van der Waals surface area (Å²) in [6.07, 6.45) is 0. The van der Waals surface area contributed by atoms with Crippen molar-refractivity contribution < 1.29 is 18.7 Å². The third-order valence-corrected chi connectivity index (χ3v) is 5.02. The van der Waals surface area contributed by atoms with Crippen LogP contribution >= 0.6 is 12.2 Å². The Hall–Kier alpha value is -3.91. The van der Waals surface area contributed by atoms with Gasteiger partial charge in [0.2, 0.25) is 5.89 Å². The first-order valence-electron chi connectivity index (χ1n) is 9.79. The molecule has 1 amide bonds. The first-order valence-corrected chi connectivity index (χ1v) is 10.2. The quantitative estimate of drug-likeness (QED) is 0.419.